The van der Waals surface area contributed by atoms with Crippen molar-refractivity contribution in [2.45, 2.75) is 13.3 Å². The lowest BCUT2D eigenvalue weighted by molar-refractivity contribution is 0.0698. The van der Waals surface area contributed by atoms with Crippen LogP contribution in [0.1, 0.15) is 34.1 Å². The summed E-state index contributed by atoms with van der Waals surface area (Å²) in [6, 6.07) is 55.9. The molecule has 0 saturated carbocycles. The Labute approximate surface area is 482 Å². The fourth-order valence-corrected chi connectivity index (χ4v) is 11.5. The molecule has 2 aromatic heterocycles. The van der Waals surface area contributed by atoms with Crippen LogP contribution in [0, 0.1) is 11.6 Å². The molecule has 0 aliphatic heterocycles. The normalized spacial score (nSPS) is 11.3. The third-order valence-electron chi connectivity index (χ3n) is 13.8. The van der Waals surface area contributed by atoms with E-state index in [0.717, 1.165) is 23.2 Å². The first-order valence-electron chi connectivity index (χ1n) is 26.5. The van der Waals surface area contributed by atoms with E-state index in [1.54, 1.807) is 37.3 Å². The Morgan fingerprint density at radius 1 is 0.482 bits per heavy atom. The van der Waals surface area contributed by atoms with Crippen LogP contribution < -0.4 is 24.1 Å². The molecule has 0 unspecified atom stereocenters. The molecule has 0 amide bonds. The van der Waals surface area contributed by atoms with Crippen LogP contribution in [0.15, 0.2) is 203 Å². The number of fused-ring (bicyclic) bond motifs is 2. The Balaban J connectivity index is 0.000000211. The van der Waals surface area contributed by atoms with Gasteiger partial charge in [-0.3, -0.25) is 13.4 Å². The molecule has 0 aliphatic carbocycles. The summed E-state index contributed by atoms with van der Waals surface area (Å²) < 4.78 is 95.2. The van der Waals surface area contributed by atoms with Crippen molar-refractivity contribution in [1.82, 2.24) is 0 Å². The molecule has 0 aliphatic rings. The van der Waals surface area contributed by atoms with Crippen LogP contribution in [0.4, 0.5) is 31.5 Å². The minimum atomic E-state index is -3.76. The van der Waals surface area contributed by atoms with Gasteiger partial charge in [0.2, 0.25) is 20.0 Å². The molecule has 3 N–H and O–H groups in total. The molecule has 8 aromatic carbocycles. The van der Waals surface area contributed by atoms with Crippen molar-refractivity contribution in [3.05, 3.63) is 217 Å². The van der Waals surface area contributed by atoms with Gasteiger partial charge in [-0.2, -0.15) is 0 Å². The summed E-state index contributed by atoms with van der Waals surface area (Å²) in [5.41, 5.74) is 11.8. The number of para-hydroxylation sites is 2. The van der Waals surface area contributed by atoms with Crippen LogP contribution in [0.5, 0.6) is 0 Å². The maximum atomic E-state index is 13.7. The number of Topliss-reactive ketones (excluding diaryl/α,β-unsaturated/α-hetero) is 1. The Hall–Kier alpha value is -9.10. The Kier molecular flexibility index (Phi) is 19.0. The first-order chi connectivity index (χ1) is 39.8. The number of ketones is 1. The van der Waals surface area contributed by atoms with Gasteiger partial charge in [0.25, 0.3) is 0 Å². The Bertz CT molecular complexity index is 4090. The minimum absolute atomic E-state index is 0.0633. The number of sulfonamides is 2. The van der Waals surface area contributed by atoms with Crippen molar-refractivity contribution in [1.29, 1.82) is 0 Å². The summed E-state index contributed by atoms with van der Waals surface area (Å²) >= 11 is 0. The Morgan fingerprint density at radius 2 is 0.819 bits per heavy atom. The molecule has 83 heavy (non-hydrogen) atoms. The molecule has 0 atom stereocenters. The number of aromatic carboxylic acids is 1. The zero-order chi connectivity index (χ0) is 59.6. The molecule has 10 rings (SSSR count). The second-order valence-corrected chi connectivity index (χ2v) is 23.2. The standard InChI is InChI=1S/C33H31FN2O4S.C31H27FN2O5S.CH5N/c1-4-30(37)32-28-21-27(23-11-7-5-8-12-23)29(22-31(28)40-33(32)24-15-17-25(34)18-16-24)36(41(3,38)39)20-19-35(2)26-13-9-6-10-14-26;1-33(24-11-7-4-8-12-24)17-18-34(40(2,37)38)27-20-28-26(19-25(27)21-9-5-3-6-10-21)29(31(35)36)30(39-28)22-13-15-23(32)16-14-22;1-2/h5-18,21-22H,4,19-20H2,1-3H3;3-16,19-20H,17-18H2,1-2H3,(H,35,36);2H2,1H3. The third kappa shape index (κ3) is 13.8. The van der Waals surface area contributed by atoms with E-state index in [4.69, 9.17) is 8.83 Å². The number of hydrogen-bond acceptors (Lipinski definition) is 11. The van der Waals surface area contributed by atoms with Crippen LogP contribution in [-0.2, 0) is 20.0 Å². The molecule has 0 saturated heterocycles. The molecule has 0 fully saturated rings. The van der Waals surface area contributed by atoms with E-state index < -0.39 is 37.7 Å². The molecular formula is C65H63F2N5O9S2. The van der Waals surface area contributed by atoms with Gasteiger partial charge in [0, 0.05) is 90.1 Å². The molecule has 2 heterocycles. The van der Waals surface area contributed by atoms with Gasteiger partial charge in [0.15, 0.2) is 5.78 Å². The monoisotopic (exact) mass is 1160 g/mol. The summed E-state index contributed by atoms with van der Waals surface area (Å²) in [6.45, 7) is 2.91. The lowest BCUT2D eigenvalue weighted by Crippen LogP contribution is -2.37. The van der Waals surface area contributed by atoms with Crippen molar-refractivity contribution in [3.8, 4) is 44.9 Å². The summed E-state index contributed by atoms with van der Waals surface area (Å²) in [6.07, 6.45) is 2.57. The zero-order valence-corrected chi connectivity index (χ0v) is 48.3. The number of nitrogens with two attached hydrogens (primary N) is 1. The van der Waals surface area contributed by atoms with Crippen molar-refractivity contribution in [3.63, 3.8) is 0 Å². The minimum Gasteiger partial charge on any atom is -0.478 e. The lowest BCUT2D eigenvalue weighted by atomic mass is 9.96. The number of nitrogens with zero attached hydrogens (tertiary/aromatic N) is 4. The van der Waals surface area contributed by atoms with Gasteiger partial charge < -0.3 is 29.5 Å². The highest BCUT2D eigenvalue weighted by Gasteiger charge is 2.30. The number of carboxylic acid groups (broad SMARTS) is 1. The first-order valence-corrected chi connectivity index (χ1v) is 30.2. The number of carboxylic acids is 1. The highest BCUT2D eigenvalue weighted by Crippen LogP contribution is 2.44. The number of furan rings is 2. The first kappa shape index (κ1) is 60.0. The lowest BCUT2D eigenvalue weighted by Gasteiger charge is -2.28. The van der Waals surface area contributed by atoms with Crippen LogP contribution in [-0.4, -0.2) is 93.5 Å². The summed E-state index contributed by atoms with van der Waals surface area (Å²) in [7, 11) is -2.18. The maximum absolute atomic E-state index is 13.7. The number of rotatable bonds is 19. The van der Waals surface area contributed by atoms with Crippen LogP contribution in [0.2, 0.25) is 0 Å². The van der Waals surface area contributed by atoms with E-state index in [1.165, 1.54) is 58.3 Å². The molecule has 18 heteroatoms. The number of halogens is 2. The third-order valence-corrected chi connectivity index (χ3v) is 16.2. The molecule has 0 radical (unpaired) electrons. The molecule has 0 bridgehead atoms. The number of benzene rings is 8. The molecule has 14 nitrogen and oxygen atoms in total. The number of carbonyl (C=O) groups excluding carboxylic acids is 1. The Morgan fingerprint density at radius 3 is 1.16 bits per heavy atom. The average molecular weight is 1160 g/mol. The van der Waals surface area contributed by atoms with Gasteiger partial charge in [-0.05, 0) is 103 Å². The highest BCUT2D eigenvalue weighted by molar-refractivity contribution is 7.92. The van der Waals surface area contributed by atoms with Crippen molar-refractivity contribution in [2.24, 2.45) is 5.73 Å². The largest absolute Gasteiger partial charge is 0.478 e. The van der Waals surface area contributed by atoms with Crippen LogP contribution in [0.25, 0.3) is 66.8 Å². The zero-order valence-electron chi connectivity index (χ0n) is 46.7. The van der Waals surface area contributed by atoms with Gasteiger partial charge in [-0.25, -0.2) is 30.4 Å². The average Bonchev–Trinajstić information content (AvgIpc) is 3.74. The topological polar surface area (TPSA) is 188 Å². The van der Waals surface area contributed by atoms with Gasteiger partial charge in [-0.15, -0.1) is 0 Å². The van der Waals surface area contributed by atoms with Crippen LogP contribution in [0.3, 0.4) is 0 Å². The number of anilines is 4. The molecular weight excluding hydrogens is 1100 g/mol. The van der Waals surface area contributed by atoms with E-state index in [0.29, 0.717) is 80.0 Å². The fourth-order valence-electron chi connectivity index (χ4n) is 9.68. The summed E-state index contributed by atoms with van der Waals surface area (Å²) in [5.74, 6) is -1.81. The summed E-state index contributed by atoms with van der Waals surface area (Å²) in [4.78, 5) is 29.6. The molecule has 10 aromatic rings. The SMILES string of the molecule is CCC(=O)c1c(-c2ccc(F)cc2)oc2cc(N(CCN(C)c3ccccc3)S(C)(=O)=O)c(-c3ccccc3)cc12.CN.CN(CCN(c1cc2oc(-c3ccc(F)cc3)c(C(=O)O)c2cc1-c1ccccc1)S(C)(=O)=O)c1ccccc1. The quantitative estimate of drug-likeness (QED) is 0.0730. The smallest absolute Gasteiger partial charge is 0.340 e. The molecule has 0 spiro atoms. The van der Waals surface area contributed by atoms with E-state index >= 15 is 0 Å². The van der Waals surface area contributed by atoms with E-state index in [9.17, 15) is 40.3 Å². The number of likely N-dealkylation sites (N-methyl/N-ethyl adjacent to an activating group) is 2. The summed E-state index contributed by atoms with van der Waals surface area (Å²) in [5, 5.41) is 11.0. The second kappa shape index (κ2) is 26.2. The van der Waals surface area contributed by atoms with Crippen molar-refractivity contribution < 1.29 is 49.1 Å². The van der Waals surface area contributed by atoms with Crippen molar-refractivity contribution in [2.75, 3.05) is 78.2 Å². The molecule has 428 valence electrons. The predicted octanol–water partition coefficient (Wildman–Crippen LogP) is 13.5. The van der Waals surface area contributed by atoms with Gasteiger partial charge in [0.05, 0.1) is 42.5 Å². The number of hydrogen-bond donors (Lipinski definition) is 2. The fraction of sp³-hybridized carbons (Fsp3) is 0.169. The van der Waals surface area contributed by atoms with E-state index in [2.05, 4.69) is 5.73 Å². The van der Waals surface area contributed by atoms with Gasteiger partial charge in [-0.1, -0.05) is 104 Å². The maximum Gasteiger partial charge on any atom is 0.340 e. The van der Waals surface area contributed by atoms with E-state index in [1.807, 2.05) is 151 Å². The van der Waals surface area contributed by atoms with Crippen molar-refractivity contribution >= 4 is 76.5 Å². The predicted molar refractivity (Wildman–Crippen MR) is 330 cm³/mol. The second-order valence-electron chi connectivity index (χ2n) is 19.4. The number of carbonyl (C=O) groups is 2. The van der Waals surface area contributed by atoms with E-state index in [-0.39, 0.29) is 42.2 Å². The van der Waals surface area contributed by atoms with Gasteiger partial charge in [0.1, 0.15) is 39.9 Å². The van der Waals surface area contributed by atoms with Gasteiger partial charge >= 0.3 is 5.97 Å². The van der Waals surface area contributed by atoms with Crippen LogP contribution >= 0.6 is 0 Å². The highest BCUT2D eigenvalue weighted by atomic mass is 32.2.